The summed E-state index contributed by atoms with van der Waals surface area (Å²) in [4.78, 5) is 23.9. The quantitative estimate of drug-likeness (QED) is 0.617. The van der Waals surface area contributed by atoms with Gasteiger partial charge in [0.1, 0.15) is 22.8 Å². The molecule has 122 valence electrons. The second-order valence-electron chi connectivity index (χ2n) is 4.81. The molecule has 0 saturated heterocycles. The van der Waals surface area contributed by atoms with Gasteiger partial charge >= 0.3 is 11.9 Å². The van der Waals surface area contributed by atoms with Crippen molar-refractivity contribution in [3.05, 3.63) is 40.8 Å². The molecule has 7 nitrogen and oxygen atoms in total. The SMILES string of the molecule is COC(=O)c1cc(OC)ccc1OC(=O)Cc1c(C)noc1C. The molecule has 0 spiro atoms. The number of aromatic nitrogens is 1. The molecule has 0 N–H and O–H groups in total. The molecule has 0 saturated carbocycles. The third-order valence-corrected chi connectivity index (χ3v) is 3.32. The summed E-state index contributed by atoms with van der Waals surface area (Å²) in [6.07, 6.45) is -0.00614. The Hall–Kier alpha value is -2.83. The van der Waals surface area contributed by atoms with Gasteiger partial charge in [-0.05, 0) is 32.0 Å². The summed E-state index contributed by atoms with van der Waals surface area (Å²) >= 11 is 0. The van der Waals surface area contributed by atoms with Crippen LogP contribution in [-0.2, 0) is 16.0 Å². The molecule has 1 aromatic carbocycles. The van der Waals surface area contributed by atoms with Gasteiger partial charge in [-0.25, -0.2) is 4.79 Å². The molecule has 0 amide bonds. The molecule has 0 radical (unpaired) electrons. The topological polar surface area (TPSA) is 87.9 Å². The second-order valence-corrected chi connectivity index (χ2v) is 4.81. The summed E-state index contributed by atoms with van der Waals surface area (Å²) in [5.41, 5.74) is 1.41. The van der Waals surface area contributed by atoms with Crippen LogP contribution in [0.15, 0.2) is 22.7 Å². The Kier molecular flexibility index (Phi) is 5.00. The van der Waals surface area contributed by atoms with E-state index >= 15 is 0 Å². The first-order chi connectivity index (χ1) is 11.0. The predicted octanol–water partition coefficient (Wildman–Crippen LogP) is 2.23. The van der Waals surface area contributed by atoms with Gasteiger partial charge in [0, 0.05) is 5.56 Å². The fourth-order valence-corrected chi connectivity index (χ4v) is 2.05. The molecule has 0 aliphatic heterocycles. The molecular formula is C16H17NO6. The van der Waals surface area contributed by atoms with Crippen molar-refractivity contribution in [3.63, 3.8) is 0 Å². The fourth-order valence-electron chi connectivity index (χ4n) is 2.05. The second kappa shape index (κ2) is 6.95. The van der Waals surface area contributed by atoms with Gasteiger partial charge in [0.05, 0.1) is 26.3 Å². The van der Waals surface area contributed by atoms with E-state index in [2.05, 4.69) is 5.16 Å². The third-order valence-electron chi connectivity index (χ3n) is 3.32. The summed E-state index contributed by atoms with van der Waals surface area (Å²) in [5, 5.41) is 3.78. The van der Waals surface area contributed by atoms with E-state index < -0.39 is 11.9 Å². The first-order valence-corrected chi connectivity index (χ1v) is 6.85. The summed E-state index contributed by atoms with van der Waals surface area (Å²) in [5.74, 6) is -0.0357. The summed E-state index contributed by atoms with van der Waals surface area (Å²) < 4.78 is 20.0. The number of methoxy groups -OCH3 is 2. The molecule has 0 aliphatic carbocycles. The van der Waals surface area contributed by atoms with E-state index in [0.29, 0.717) is 22.8 Å². The molecular weight excluding hydrogens is 302 g/mol. The van der Waals surface area contributed by atoms with Gasteiger partial charge < -0.3 is 18.7 Å². The molecule has 2 rings (SSSR count). The highest BCUT2D eigenvalue weighted by molar-refractivity contribution is 5.94. The van der Waals surface area contributed by atoms with Gasteiger partial charge in [-0.1, -0.05) is 5.16 Å². The number of rotatable bonds is 5. The van der Waals surface area contributed by atoms with Crippen LogP contribution in [0.4, 0.5) is 0 Å². The first-order valence-electron chi connectivity index (χ1n) is 6.85. The lowest BCUT2D eigenvalue weighted by atomic mass is 10.1. The van der Waals surface area contributed by atoms with Crippen LogP contribution in [0.2, 0.25) is 0 Å². The Labute approximate surface area is 133 Å². The highest BCUT2D eigenvalue weighted by atomic mass is 16.5. The van der Waals surface area contributed by atoms with E-state index in [4.69, 9.17) is 18.7 Å². The number of hydrogen-bond acceptors (Lipinski definition) is 7. The van der Waals surface area contributed by atoms with E-state index in [9.17, 15) is 9.59 Å². The highest BCUT2D eigenvalue weighted by Crippen LogP contribution is 2.25. The Morgan fingerprint density at radius 2 is 1.96 bits per heavy atom. The Morgan fingerprint density at radius 3 is 2.52 bits per heavy atom. The summed E-state index contributed by atoms with van der Waals surface area (Å²) in [6.45, 7) is 3.46. The van der Waals surface area contributed by atoms with Crippen molar-refractivity contribution in [1.29, 1.82) is 0 Å². The van der Waals surface area contributed by atoms with Gasteiger partial charge in [-0.2, -0.15) is 0 Å². The van der Waals surface area contributed by atoms with Crippen molar-refractivity contribution < 1.29 is 28.3 Å². The van der Waals surface area contributed by atoms with Crippen LogP contribution in [0, 0.1) is 13.8 Å². The van der Waals surface area contributed by atoms with Gasteiger partial charge in [-0.3, -0.25) is 4.79 Å². The van der Waals surface area contributed by atoms with Crippen molar-refractivity contribution in [2.24, 2.45) is 0 Å². The van der Waals surface area contributed by atoms with Crippen molar-refractivity contribution in [1.82, 2.24) is 5.16 Å². The van der Waals surface area contributed by atoms with Crippen LogP contribution in [0.3, 0.4) is 0 Å². The average Bonchev–Trinajstić information content (AvgIpc) is 2.86. The number of hydrogen-bond donors (Lipinski definition) is 0. The number of esters is 2. The number of benzene rings is 1. The molecule has 0 unspecified atom stereocenters. The Balaban J connectivity index is 2.22. The predicted molar refractivity (Wildman–Crippen MR) is 79.6 cm³/mol. The number of ether oxygens (including phenoxy) is 3. The maximum absolute atomic E-state index is 12.1. The molecule has 0 fully saturated rings. The van der Waals surface area contributed by atoms with Crippen LogP contribution in [-0.4, -0.2) is 31.3 Å². The van der Waals surface area contributed by atoms with Crippen LogP contribution in [0.25, 0.3) is 0 Å². The number of carbonyl (C=O) groups excluding carboxylic acids is 2. The molecule has 23 heavy (non-hydrogen) atoms. The van der Waals surface area contributed by atoms with E-state index in [-0.39, 0.29) is 17.7 Å². The van der Waals surface area contributed by atoms with Gasteiger partial charge in [0.2, 0.25) is 0 Å². The van der Waals surface area contributed by atoms with E-state index in [1.54, 1.807) is 19.9 Å². The van der Waals surface area contributed by atoms with Crippen molar-refractivity contribution >= 4 is 11.9 Å². The normalized spacial score (nSPS) is 10.3. The number of aryl methyl sites for hydroxylation is 2. The van der Waals surface area contributed by atoms with E-state index in [1.165, 1.54) is 26.4 Å². The number of nitrogens with zero attached hydrogens (tertiary/aromatic N) is 1. The maximum atomic E-state index is 12.1. The van der Waals surface area contributed by atoms with E-state index in [0.717, 1.165) is 0 Å². The van der Waals surface area contributed by atoms with Crippen LogP contribution in [0.5, 0.6) is 11.5 Å². The third kappa shape index (κ3) is 3.68. The zero-order chi connectivity index (χ0) is 17.0. The Morgan fingerprint density at radius 1 is 1.22 bits per heavy atom. The maximum Gasteiger partial charge on any atom is 0.341 e. The van der Waals surface area contributed by atoms with Crippen LogP contribution < -0.4 is 9.47 Å². The molecule has 0 atom stereocenters. The van der Waals surface area contributed by atoms with Crippen molar-refractivity contribution in [3.8, 4) is 11.5 Å². The zero-order valence-corrected chi connectivity index (χ0v) is 13.3. The minimum absolute atomic E-state index is 0.00614. The molecule has 2 aromatic rings. The lowest BCUT2D eigenvalue weighted by Gasteiger charge is -2.10. The molecule has 0 aliphatic rings. The minimum Gasteiger partial charge on any atom is -0.497 e. The minimum atomic E-state index is -0.621. The lowest BCUT2D eigenvalue weighted by molar-refractivity contribution is -0.133. The average molecular weight is 319 g/mol. The van der Waals surface area contributed by atoms with Crippen molar-refractivity contribution in [2.45, 2.75) is 20.3 Å². The summed E-state index contributed by atoms with van der Waals surface area (Å²) in [6, 6.07) is 4.52. The molecule has 1 aromatic heterocycles. The number of carbonyl (C=O) groups is 2. The van der Waals surface area contributed by atoms with Gasteiger partial charge in [0.15, 0.2) is 0 Å². The highest BCUT2D eigenvalue weighted by Gasteiger charge is 2.19. The molecule has 1 heterocycles. The first kappa shape index (κ1) is 16.5. The van der Waals surface area contributed by atoms with Gasteiger partial charge in [0.25, 0.3) is 0 Å². The zero-order valence-electron chi connectivity index (χ0n) is 13.3. The van der Waals surface area contributed by atoms with Crippen molar-refractivity contribution in [2.75, 3.05) is 14.2 Å². The largest absolute Gasteiger partial charge is 0.497 e. The van der Waals surface area contributed by atoms with Crippen LogP contribution in [0.1, 0.15) is 27.4 Å². The Bertz CT molecular complexity index is 715. The standard InChI is InChI=1S/C16H17NO6/c1-9-12(10(2)23-17-9)8-15(18)22-14-6-5-11(20-3)7-13(14)16(19)21-4/h5-7H,8H2,1-4H3. The lowest BCUT2D eigenvalue weighted by Crippen LogP contribution is -2.15. The fraction of sp³-hybridized carbons (Fsp3) is 0.312. The van der Waals surface area contributed by atoms with Crippen LogP contribution >= 0.6 is 0 Å². The smallest absolute Gasteiger partial charge is 0.341 e. The monoisotopic (exact) mass is 319 g/mol. The molecule has 0 bridgehead atoms. The molecule has 7 heteroatoms. The van der Waals surface area contributed by atoms with Gasteiger partial charge in [-0.15, -0.1) is 0 Å². The summed E-state index contributed by atoms with van der Waals surface area (Å²) in [7, 11) is 2.72. The van der Waals surface area contributed by atoms with E-state index in [1.807, 2.05) is 0 Å².